The third kappa shape index (κ3) is 1.32. The van der Waals surface area contributed by atoms with Crippen LogP contribution in [0.15, 0.2) is 29.1 Å². The van der Waals surface area contributed by atoms with E-state index in [-0.39, 0.29) is 11.5 Å². The van der Waals surface area contributed by atoms with Crippen LogP contribution in [0.5, 0.6) is 0 Å². The summed E-state index contributed by atoms with van der Waals surface area (Å²) >= 11 is 0. The second-order valence-corrected chi connectivity index (χ2v) is 2.92. The number of aromatic nitrogens is 3. The van der Waals surface area contributed by atoms with E-state index >= 15 is 0 Å². The summed E-state index contributed by atoms with van der Waals surface area (Å²) in [6.45, 7) is 0. The van der Waals surface area contributed by atoms with Crippen molar-refractivity contribution in [3.05, 3.63) is 40.6 Å². The smallest absolute Gasteiger partial charge is 0.278 e. The fourth-order valence-electron chi connectivity index (χ4n) is 1.20. The van der Waals surface area contributed by atoms with Gasteiger partial charge in [-0.1, -0.05) is 0 Å². The minimum absolute atomic E-state index is 0.288. The van der Waals surface area contributed by atoms with E-state index in [0.29, 0.717) is 11.4 Å². The number of nitrogens with zero attached hydrogens (tertiary/aromatic N) is 2. The number of rotatable bonds is 1. The molecule has 0 radical (unpaired) electrons. The van der Waals surface area contributed by atoms with Gasteiger partial charge in [0.1, 0.15) is 5.82 Å². The Morgan fingerprint density at radius 3 is 2.50 bits per heavy atom. The molecular weight excluding hydrogens is 185 g/mol. The highest BCUT2D eigenvalue weighted by Gasteiger charge is 2.06. The molecule has 0 atom stereocenters. The first-order valence-electron chi connectivity index (χ1n) is 4.06. The molecule has 2 rings (SSSR count). The van der Waals surface area contributed by atoms with Crippen molar-refractivity contribution in [1.29, 1.82) is 0 Å². The first-order chi connectivity index (χ1) is 6.68. The lowest BCUT2D eigenvalue weighted by Crippen LogP contribution is -2.13. The summed E-state index contributed by atoms with van der Waals surface area (Å²) in [6.07, 6.45) is 0. The lowest BCUT2D eigenvalue weighted by atomic mass is 10.2. The quantitative estimate of drug-likeness (QED) is 0.732. The Kier molecular flexibility index (Phi) is 1.92. The molecule has 2 aromatic rings. The molecule has 0 fully saturated rings. The molecule has 1 aromatic heterocycles. The van der Waals surface area contributed by atoms with E-state index in [1.807, 2.05) is 0 Å². The molecule has 14 heavy (non-hydrogen) atoms. The van der Waals surface area contributed by atoms with Gasteiger partial charge >= 0.3 is 5.69 Å². The summed E-state index contributed by atoms with van der Waals surface area (Å²) in [5, 5.41) is 6.13. The predicted octanol–water partition coefficient (Wildman–Crippen LogP) is 0.914. The third-order valence-electron chi connectivity index (χ3n) is 1.98. The minimum Gasteiger partial charge on any atom is -0.278 e. The van der Waals surface area contributed by atoms with Gasteiger partial charge in [0.2, 0.25) is 0 Å². The Morgan fingerprint density at radius 2 is 2.00 bits per heavy atom. The summed E-state index contributed by atoms with van der Waals surface area (Å²) in [5.74, 6) is 0.185. The van der Waals surface area contributed by atoms with Crippen molar-refractivity contribution in [2.75, 3.05) is 0 Å². The van der Waals surface area contributed by atoms with Crippen molar-refractivity contribution in [3.63, 3.8) is 0 Å². The van der Waals surface area contributed by atoms with Gasteiger partial charge in [0.05, 0.1) is 0 Å². The molecule has 5 heteroatoms. The van der Waals surface area contributed by atoms with Crippen LogP contribution in [0.25, 0.3) is 11.4 Å². The molecule has 0 bridgehead atoms. The number of aromatic amines is 1. The van der Waals surface area contributed by atoms with Crippen LogP contribution in [0.3, 0.4) is 0 Å². The van der Waals surface area contributed by atoms with E-state index in [2.05, 4.69) is 10.2 Å². The van der Waals surface area contributed by atoms with Crippen molar-refractivity contribution in [2.24, 2.45) is 7.05 Å². The largest absolute Gasteiger partial charge is 0.343 e. The predicted molar refractivity (Wildman–Crippen MR) is 49.2 cm³/mol. The average Bonchev–Trinajstić information content (AvgIpc) is 2.50. The van der Waals surface area contributed by atoms with Gasteiger partial charge in [-0.05, 0) is 24.3 Å². The van der Waals surface area contributed by atoms with E-state index < -0.39 is 0 Å². The molecule has 4 nitrogen and oxygen atoms in total. The fraction of sp³-hybridized carbons (Fsp3) is 0.111. The maximum absolute atomic E-state index is 12.6. The first-order valence-corrected chi connectivity index (χ1v) is 4.06. The molecule has 1 N–H and O–H groups in total. The van der Waals surface area contributed by atoms with Crippen LogP contribution in [0.2, 0.25) is 0 Å². The molecule has 0 amide bonds. The zero-order chi connectivity index (χ0) is 10.1. The number of benzene rings is 1. The molecule has 1 heterocycles. The van der Waals surface area contributed by atoms with Gasteiger partial charge in [-0.15, -0.1) is 0 Å². The van der Waals surface area contributed by atoms with Gasteiger partial charge < -0.3 is 0 Å². The zero-order valence-electron chi connectivity index (χ0n) is 7.49. The maximum atomic E-state index is 12.6. The maximum Gasteiger partial charge on any atom is 0.343 e. The number of hydrogen-bond acceptors (Lipinski definition) is 2. The van der Waals surface area contributed by atoms with E-state index in [1.54, 1.807) is 19.2 Å². The first kappa shape index (κ1) is 8.68. The lowest BCUT2D eigenvalue weighted by molar-refractivity contribution is 0.628. The number of nitrogens with one attached hydrogen (secondary N) is 1. The van der Waals surface area contributed by atoms with Gasteiger partial charge in [-0.3, -0.25) is 4.57 Å². The normalized spacial score (nSPS) is 10.4. The Morgan fingerprint density at radius 1 is 1.36 bits per heavy atom. The highest BCUT2D eigenvalue weighted by Crippen LogP contribution is 2.14. The van der Waals surface area contributed by atoms with Gasteiger partial charge in [-0.2, -0.15) is 5.10 Å². The second-order valence-electron chi connectivity index (χ2n) is 2.92. The van der Waals surface area contributed by atoms with Crippen LogP contribution in [-0.2, 0) is 7.05 Å². The zero-order valence-corrected chi connectivity index (χ0v) is 7.49. The number of hydrogen-bond donors (Lipinski definition) is 1. The molecule has 0 aliphatic rings. The fourth-order valence-corrected chi connectivity index (χ4v) is 1.20. The van der Waals surface area contributed by atoms with E-state index in [0.717, 1.165) is 0 Å². The second kappa shape index (κ2) is 3.10. The molecule has 1 aromatic carbocycles. The van der Waals surface area contributed by atoms with Gasteiger partial charge in [0.15, 0.2) is 5.82 Å². The van der Waals surface area contributed by atoms with Crippen molar-refractivity contribution in [2.45, 2.75) is 0 Å². The van der Waals surface area contributed by atoms with E-state index in [1.165, 1.54) is 16.7 Å². The molecular formula is C9H8FN3O. The van der Waals surface area contributed by atoms with E-state index in [4.69, 9.17) is 0 Å². The Bertz CT molecular complexity index is 498. The van der Waals surface area contributed by atoms with E-state index in [9.17, 15) is 9.18 Å². The minimum atomic E-state index is -0.311. The number of H-pyrrole nitrogens is 1. The molecule has 0 saturated heterocycles. The van der Waals surface area contributed by atoms with Crippen molar-refractivity contribution in [1.82, 2.24) is 14.8 Å². The van der Waals surface area contributed by atoms with Crippen LogP contribution < -0.4 is 5.69 Å². The molecule has 0 unspecified atom stereocenters. The molecule has 0 aliphatic heterocycles. The summed E-state index contributed by atoms with van der Waals surface area (Å²) in [5.41, 5.74) is 0.413. The summed E-state index contributed by atoms with van der Waals surface area (Å²) in [4.78, 5) is 11.1. The molecule has 0 spiro atoms. The van der Waals surface area contributed by atoms with Gasteiger partial charge in [0, 0.05) is 12.6 Å². The average molecular weight is 193 g/mol. The molecule has 0 aliphatic carbocycles. The molecule has 72 valence electrons. The standard InChI is InChI=1S/C9H8FN3O/c1-13-8(11-12-9(13)14)6-2-4-7(10)5-3-6/h2-5H,1H3,(H,12,14). The highest BCUT2D eigenvalue weighted by molar-refractivity contribution is 5.54. The Labute approximate surface area is 79.0 Å². The van der Waals surface area contributed by atoms with Crippen molar-refractivity contribution < 1.29 is 4.39 Å². The third-order valence-corrected chi connectivity index (χ3v) is 1.98. The summed E-state index contributed by atoms with van der Waals surface area (Å²) in [6, 6.07) is 5.80. The SMILES string of the molecule is Cn1c(-c2ccc(F)cc2)n[nH]c1=O. The highest BCUT2D eigenvalue weighted by atomic mass is 19.1. The van der Waals surface area contributed by atoms with Crippen molar-refractivity contribution in [3.8, 4) is 11.4 Å². The Hall–Kier alpha value is -1.91. The molecule has 0 saturated carbocycles. The van der Waals surface area contributed by atoms with Crippen LogP contribution >= 0.6 is 0 Å². The van der Waals surface area contributed by atoms with Crippen molar-refractivity contribution >= 4 is 0 Å². The van der Waals surface area contributed by atoms with Crippen LogP contribution in [0.4, 0.5) is 4.39 Å². The summed E-state index contributed by atoms with van der Waals surface area (Å²) < 4.78 is 14.0. The van der Waals surface area contributed by atoms with Crippen LogP contribution in [-0.4, -0.2) is 14.8 Å². The number of halogens is 1. The van der Waals surface area contributed by atoms with Gasteiger partial charge in [-0.25, -0.2) is 14.3 Å². The van der Waals surface area contributed by atoms with Crippen LogP contribution in [0.1, 0.15) is 0 Å². The van der Waals surface area contributed by atoms with Crippen LogP contribution in [0, 0.1) is 5.82 Å². The summed E-state index contributed by atoms with van der Waals surface area (Å²) in [7, 11) is 1.60. The monoisotopic (exact) mass is 193 g/mol. The van der Waals surface area contributed by atoms with Gasteiger partial charge in [0.25, 0.3) is 0 Å². The lowest BCUT2D eigenvalue weighted by Gasteiger charge is -1.98. The topological polar surface area (TPSA) is 50.7 Å². The Balaban J connectivity index is 2.55.